The van der Waals surface area contributed by atoms with Gasteiger partial charge in [-0.3, -0.25) is 4.79 Å². The van der Waals surface area contributed by atoms with Crippen LogP contribution in [0.4, 0.5) is 14.6 Å². The average Bonchev–Trinajstić information content (AvgIpc) is 3.46. The second kappa shape index (κ2) is 7.21. The largest absolute Gasteiger partial charge is 0.356 e. The molecule has 2 unspecified atom stereocenters. The number of aromatic nitrogens is 3. The second-order valence-electron chi connectivity index (χ2n) is 8.60. The number of anilines is 1. The van der Waals surface area contributed by atoms with E-state index in [1.165, 1.54) is 18.5 Å². The predicted octanol–water partition coefficient (Wildman–Crippen LogP) is 3.83. The first kappa shape index (κ1) is 20.0. The summed E-state index contributed by atoms with van der Waals surface area (Å²) >= 11 is 3.49. The zero-order valence-electron chi connectivity index (χ0n) is 17.0. The van der Waals surface area contributed by atoms with Gasteiger partial charge in [0.2, 0.25) is 0 Å². The normalized spacial score (nSPS) is 24.7. The van der Waals surface area contributed by atoms with Crippen molar-refractivity contribution in [2.24, 2.45) is 0 Å². The summed E-state index contributed by atoms with van der Waals surface area (Å²) in [5.41, 5.74) is 0.337. The molecular weight excluding hydrogens is 484 g/mol. The van der Waals surface area contributed by atoms with Crippen molar-refractivity contribution in [3.8, 4) is 0 Å². The van der Waals surface area contributed by atoms with Gasteiger partial charge >= 0.3 is 0 Å². The number of benzene rings is 1. The fraction of sp³-hybridized carbons (Fsp3) is 0.409. The smallest absolute Gasteiger partial charge is 0.257 e. The van der Waals surface area contributed by atoms with Crippen LogP contribution in [0.5, 0.6) is 0 Å². The molecule has 1 spiro atoms. The third-order valence-electron chi connectivity index (χ3n) is 6.84. The number of hydrogen-bond donors (Lipinski definition) is 0. The molecule has 2 atom stereocenters. The van der Waals surface area contributed by atoms with E-state index in [1.54, 1.807) is 9.42 Å². The number of hydrogen-bond acceptors (Lipinski definition) is 5. The van der Waals surface area contributed by atoms with Crippen LogP contribution >= 0.6 is 15.9 Å². The number of ether oxygens (including phenoxy) is 1. The van der Waals surface area contributed by atoms with E-state index in [4.69, 9.17) is 4.74 Å². The zero-order valence-corrected chi connectivity index (χ0v) is 18.6. The van der Waals surface area contributed by atoms with Gasteiger partial charge in [-0.1, -0.05) is 0 Å². The van der Waals surface area contributed by atoms with Gasteiger partial charge in [0, 0.05) is 32.0 Å². The maximum atomic E-state index is 13.8. The molecule has 3 aliphatic rings. The van der Waals surface area contributed by atoms with Crippen molar-refractivity contribution < 1.29 is 18.3 Å². The summed E-state index contributed by atoms with van der Waals surface area (Å²) < 4.78 is 36.6. The molecule has 0 N–H and O–H groups in total. The Bertz CT molecular complexity index is 1210. The molecule has 7 nitrogen and oxygen atoms in total. The van der Waals surface area contributed by atoms with Crippen LogP contribution in [0, 0.1) is 11.6 Å². The highest BCUT2D eigenvalue weighted by molar-refractivity contribution is 9.10. The second-order valence-corrected chi connectivity index (χ2v) is 9.45. The standard InChI is InChI=1S/C22H20BrF2N5O2/c23-16-1-3-18(30-20(16)26-12-27-30)28-7-5-22(6-8-28)21(31)29-17(2-4-19(29)32-22)13-9-14(24)11-15(25)10-13/h1,3,9-12,17,19H,2,4-8H2. The van der Waals surface area contributed by atoms with Crippen molar-refractivity contribution in [3.63, 3.8) is 0 Å². The predicted molar refractivity (Wildman–Crippen MR) is 115 cm³/mol. The van der Waals surface area contributed by atoms with Gasteiger partial charge in [-0.15, -0.1) is 0 Å². The SMILES string of the molecule is O=C1N2C(CCC2c2cc(F)cc(F)c2)OC12CCN(c1ccc(Br)c3ncnn13)CC2. The third-order valence-corrected chi connectivity index (χ3v) is 7.46. The lowest BCUT2D eigenvalue weighted by Crippen LogP contribution is -2.50. The summed E-state index contributed by atoms with van der Waals surface area (Å²) in [5, 5.41) is 4.33. The van der Waals surface area contributed by atoms with Gasteiger partial charge in [-0.25, -0.2) is 13.8 Å². The molecule has 0 saturated carbocycles. The maximum absolute atomic E-state index is 13.8. The van der Waals surface area contributed by atoms with Crippen LogP contribution in [-0.2, 0) is 9.53 Å². The summed E-state index contributed by atoms with van der Waals surface area (Å²) in [4.78, 5) is 21.7. The summed E-state index contributed by atoms with van der Waals surface area (Å²) in [6, 6.07) is 7.04. The maximum Gasteiger partial charge on any atom is 0.257 e. The molecule has 3 saturated heterocycles. The molecular formula is C22H20BrF2N5O2. The number of nitrogens with zero attached hydrogens (tertiary/aromatic N) is 5. The Morgan fingerprint density at radius 3 is 2.59 bits per heavy atom. The Morgan fingerprint density at radius 2 is 1.84 bits per heavy atom. The quantitative estimate of drug-likeness (QED) is 0.531. The van der Waals surface area contributed by atoms with Gasteiger partial charge in [0.15, 0.2) is 11.2 Å². The van der Waals surface area contributed by atoms with Gasteiger partial charge in [-0.2, -0.15) is 9.61 Å². The number of carbonyl (C=O) groups is 1. The molecule has 0 radical (unpaired) electrons. The van der Waals surface area contributed by atoms with Crippen LogP contribution in [0.15, 0.2) is 41.1 Å². The van der Waals surface area contributed by atoms with E-state index in [9.17, 15) is 13.6 Å². The van der Waals surface area contributed by atoms with Crippen molar-refractivity contribution in [2.75, 3.05) is 18.0 Å². The average molecular weight is 504 g/mol. The monoisotopic (exact) mass is 503 g/mol. The minimum atomic E-state index is -0.886. The van der Waals surface area contributed by atoms with E-state index >= 15 is 0 Å². The van der Waals surface area contributed by atoms with E-state index in [1.807, 2.05) is 12.1 Å². The van der Waals surface area contributed by atoms with Gasteiger partial charge in [0.05, 0.1) is 10.5 Å². The number of fused-ring (bicyclic) bond motifs is 2. The Kier molecular flexibility index (Phi) is 4.52. The molecule has 6 rings (SSSR count). The molecule has 32 heavy (non-hydrogen) atoms. The van der Waals surface area contributed by atoms with E-state index < -0.39 is 17.2 Å². The lowest BCUT2D eigenvalue weighted by atomic mass is 9.89. The van der Waals surface area contributed by atoms with Crippen LogP contribution in [0.2, 0.25) is 0 Å². The number of halogens is 3. The molecule has 1 aromatic carbocycles. The molecule has 3 fully saturated rings. The van der Waals surface area contributed by atoms with Crippen LogP contribution in [-0.4, -0.2) is 50.3 Å². The molecule has 3 aromatic rings. The Hall–Kier alpha value is -2.59. The number of pyridine rings is 1. The van der Waals surface area contributed by atoms with Gasteiger partial charge < -0.3 is 14.5 Å². The van der Waals surface area contributed by atoms with E-state index in [0.717, 1.165) is 22.0 Å². The lowest BCUT2D eigenvalue weighted by molar-refractivity contribution is -0.140. The number of piperidine rings is 1. The van der Waals surface area contributed by atoms with E-state index in [2.05, 4.69) is 30.9 Å². The first-order valence-corrected chi connectivity index (χ1v) is 11.4. The van der Waals surface area contributed by atoms with Crippen molar-refractivity contribution in [1.82, 2.24) is 19.5 Å². The molecule has 10 heteroatoms. The Balaban J connectivity index is 1.24. The highest BCUT2D eigenvalue weighted by Gasteiger charge is 2.58. The number of carbonyl (C=O) groups excluding carboxylic acids is 1. The highest BCUT2D eigenvalue weighted by Crippen LogP contribution is 2.48. The van der Waals surface area contributed by atoms with E-state index in [0.29, 0.717) is 44.3 Å². The highest BCUT2D eigenvalue weighted by atomic mass is 79.9. The summed E-state index contributed by atoms with van der Waals surface area (Å²) in [6.07, 6.45) is 3.53. The number of rotatable bonds is 2. The number of amides is 1. The van der Waals surface area contributed by atoms with Crippen LogP contribution < -0.4 is 4.90 Å². The molecule has 1 amide bonds. The topological polar surface area (TPSA) is 63.0 Å². The molecule has 0 aliphatic carbocycles. The molecule has 5 heterocycles. The fourth-order valence-corrected chi connectivity index (χ4v) is 5.74. The fourth-order valence-electron chi connectivity index (χ4n) is 5.34. The minimum absolute atomic E-state index is 0.0731. The first-order chi connectivity index (χ1) is 15.4. The van der Waals surface area contributed by atoms with E-state index in [-0.39, 0.29) is 18.2 Å². The lowest BCUT2D eigenvalue weighted by Gasteiger charge is -2.38. The summed E-state index contributed by atoms with van der Waals surface area (Å²) in [7, 11) is 0. The summed E-state index contributed by atoms with van der Waals surface area (Å²) in [5.74, 6) is -0.424. The zero-order chi connectivity index (χ0) is 22.0. The third kappa shape index (κ3) is 2.96. The van der Waals surface area contributed by atoms with Crippen LogP contribution in [0.3, 0.4) is 0 Å². The van der Waals surface area contributed by atoms with Crippen molar-refractivity contribution >= 4 is 33.3 Å². The Morgan fingerprint density at radius 1 is 1.09 bits per heavy atom. The molecule has 0 bridgehead atoms. The molecule has 3 aliphatic heterocycles. The molecule has 166 valence electrons. The van der Waals surface area contributed by atoms with Crippen molar-refractivity contribution in [2.45, 2.75) is 43.6 Å². The van der Waals surface area contributed by atoms with Gasteiger partial charge in [0.1, 0.15) is 30.0 Å². The Labute approximate surface area is 191 Å². The molecule has 2 aromatic heterocycles. The van der Waals surface area contributed by atoms with Crippen LogP contribution in [0.25, 0.3) is 5.65 Å². The van der Waals surface area contributed by atoms with Gasteiger partial charge in [0.25, 0.3) is 5.91 Å². The van der Waals surface area contributed by atoms with Crippen molar-refractivity contribution in [3.05, 3.63) is 58.3 Å². The van der Waals surface area contributed by atoms with Gasteiger partial charge in [-0.05, 0) is 58.6 Å². The van der Waals surface area contributed by atoms with Crippen LogP contribution in [0.1, 0.15) is 37.3 Å². The first-order valence-electron chi connectivity index (χ1n) is 10.6. The summed E-state index contributed by atoms with van der Waals surface area (Å²) in [6.45, 7) is 1.25. The van der Waals surface area contributed by atoms with Crippen molar-refractivity contribution in [1.29, 1.82) is 0 Å². The minimum Gasteiger partial charge on any atom is -0.356 e.